The van der Waals surface area contributed by atoms with E-state index in [4.69, 9.17) is 10.9 Å². The van der Waals surface area contributed by atoms with E-state index in [0.717, 1.165) is 11.5 Å². The molecule has 1 rings (SSSR count). The summed E-state index contributed by atoms with van der Waals surface area (Å²) in [7, 11) is 0. The first-order valence-corrected chi connectivity index (χ1v) is 7.06. The fourth-order valence-corrected chi connectivity index (χ4v) is 2.48. The highest BCUT2D eigenvalue weighted by molar-refractivity contribution is 7.08. The highest BCUT2D eigenvalue weighted by Gasteiger charge is 2.30. The lowest BCUT2D eigenvalue weighted by atomic mass is 9.91. The maximum absolute atomic E-state index is 12.6. The second-order valence-corrected chi connectivity index (χ2v) is 6.57. The monoisotopic (exact) mass is 299 g/mol. The molecule has 7 nitrogen and oxygen atoms in total. The topological polar surface area (TPSA) is 105 Å². The first-order chi connectivity index (χ1) is 9.18. The number of nitrogens with zero attached hydrogens (tertiary/aromatic N) is 4. The van der Waals surface area contributed by atoms with E-state index >= 15 is 0 Å². The Morgan fingerprint density at radius 3 is 2.55 bits per heavy atom. The summed E-state index contributed by atoms with van der Waals surface area (Å²) in [6.07, 6.45) is 0. The highest BCUT2D eigenvalue weighted by atomic mass is 32.1. The molecule has 0 fully saturated rings. The fraction of sp³-hybridized carbons (Fsp3) is 0.667. The molecule has 112 valence electrons. The van der Waals surface area contributed by atoms with Gasteiger partial charge in [0.15, 0.2) is 5.84 Å². The van der Waals surface area contributed by atoms with Crippen molar-refractivity contribution in [3.05, 3.63) is 10.6 Å². The minimum Gasteiger partial charge on any atom is -0.409 e. The summed E-state index contributed by atoms with van der Waals surface area (Å²) < 4.78 is 3.88. The number of hydrogen-bond acceptors (Lipinski definition) is 6. The quantitative estimate of drug-likeness (QED) is 0.379. The van der Waals surface area contributed by atoms with Gasteiger partial charge in [0.25, 0.3) is 5.91 Å². The lowest BCUT2D eigenvalue weighted by Crippen LogP contribution is -2.43. The molecule has 0 unspecified atom stereocenters. The minimum atomic E-state index is -0.267. The van der Waals surface area contributed by atoms with Crippen LogP contribution in [-0.2, 0) is 5.41 Å². The summed E-state index contributed by atoms with van der Waals surface area (Å²) in [6.45, 7) is 9.73. The van der Waals surface area contributed by atoms with Crippen LogP contribution in [0.1, 0.15) is 50.0 Å². The number of carbonyl (C=O) groups excluding carboxylic acids is 1. The van der Waals surface area contributed by atoms with E-state index < -0.39 is 0 Å². The second-order valence-electron chi connectivity index (χ2n) is 5.82. The summed E-state index contributed by atoms with van der Waals surface area (Å²) in [5, 5.41) is 15.6. The van der Waals surface area contributed by atoms with Crippen molar-refractivity contribution in [1.29, 1.82) is 0 Å². The van der Waals surface area contributed by atoms with Crippen molar-refractivity contribution >= 4 is 23.3 Å². The number of nitrogens with two attached hydrogens (primary N) is 1. The van der Waals surface area contributed by atoms with Crippen molar-refractivity contribution in [2.45, 2.75) is 46.1 Å². The van der Waals surface area contributed by atoms with Crippen molar-refractivity contribution in [2.75, 3.05) is 6.54 Å². The van der Waals surface area contributed by atoms with Crippen molar-refractivity contribution in [1.82, 2.24) is 14.5 Å². The lowest BCUT2D eigenvalue weighted by Gasteiger charge is -2.26. The zero-order chi connectivity index (χ0) is 15.5. The molecular weight excluding hydrogens is 278 g/mol. The van der Waals surface area contributed by atoms with Crippen LogP contribution < -0.4 is 5.73 Å². The number of rotatable bonds is 4. The smallest absolute Gasteiger partial charge is 0.268 e. The van der Waals surface area contributed by atoms with Gasteiger partial charge >= 0.3 is 0 Å². The van der Waals surface area contributed by atoms with Crippen LogP contribution in [-0.4, -0.2) is 44.0 Å². The largest absolute Gasteiger partial charge is 0.409 e. The highest BCUT2D eigenvalue weighted by Crippen LogP contribution is 2.27. The van der Waals surface area contributed by atoms with Crippen molar-refractivity contribution in [2.24, 2.45) is 10.9 Å². The van der Waals surface area contributed by atoms with Crippen LogP contribution in [0.15, 0.2) is 5.16 Å². The molecule has 0 radical (unpaired) electrons. The SMILES string of the molecule is CC(C)N(CC(N)=NO)C(=O)c1snnc1C(C)(C)C. The lowest BCUT2D eigenvalue weighted by molar-refractivity contribution is 0.0736. The minimum absolute atomic E-state index is 0.0122. The molecule has 0 aliphatic carbocycles. The molecular formula is C12H21N5O2S. The van der Waals surface area contributed by atoms with Gasteiger partial charge in [0.05, 0.1) is 12.2 Å². The Morgan fingerprint density at radius 2 is 2.10 bits per heavy atom. The molecule has 0 saturated carbocycles. The Hall–Kier alpha value is -1.70. The average Bonchev–Trinajstić information content (AvgIpc) is 2.83. The number of aromatic nitrogens is 2. The van der Waals surface area contributed by atoms with Crippen LogP contribution in [0.4, 0.5) is 0 Å². The summed E-state index contributed by atoms with van der Waals surface area (Å²) in [6, 6.07) is -0.0854. The van der Waals surface area contributed by atoms with Crippen LogP contribution >= 0.6 is 11.5 Å². The van der Waals surface area contributed by atoms with Gasteiger partial charge < -0.3 is 15.8 Å². The first kappa shape index (κ1) is 16.4. The van der Waals surface area contributed by atoms with Crippen molar-refractivity contribution < 1.29 is 10.0 Å². The van der Waals surface area contributed by atoms with Gasteiger partial charge in [-0.15, -0.1) is 5.10 Å². The maximum Gasteiger partial charge on any atom is 0.268 e. The van der Waals surface area contributed by atoms with E-state index in [-0.39, 0.29) is 29.7 Å². The molecule has 0 bridgehead atoms. The molecule has 1 heterocycles. The number of carbonyl (C=O) groups is 1. The van der Waals surface area contributed by atoms with Gasteiger partial charge in [-0.3, -0.25) is 4.79 Å². The molecule has 0 atom stereocenters. The molecule has 0 saturated heterocycles. The Morgan fingerprint density at radius 1 is 1.50 bits per heavy atom. The normalized spacial score (nSPS) is 12.8. The van der Waals surface area contributed by atoms with Gasteiger partial charge in [-0.25, -0.2) is 0 Å². The summed E-state index contributed by atoms with van der Waals surface area (Å²) in [4.78, 5) is 14.7. The van der Waals surface area contributed by atoms with Crippen molar-refractivity contribution in [3.8, 4) is 0 Å². The molecule has 0 aliphatic rings. The van der Waals surface area contributed by atoms with E-state index in [2.05, 4.69) is 14.7 Å². The third-order valence-corrected chi connectivity index (χ3v) is 3.45. The molecule has 1 amide bonds. The van der Waals surface area contributed by atoms with Gasteiger partial charge in [-0.2, -0.15) is 0 Å². The molecule has 1 aromatic heterocycles. The van der Waals surface area contributed by atoms with E-state index in [1.165, 1.54) is 4.90 Å². The van der Waals surface area contributed by atoms with Crippen LogP contribution in [0.2, 0.25) is 0 Å². The Balaban J connectivity index is 3.11. The third-order valence-electron chi connectivity index (χ3n) is 2.74. The van der Waals surface area contributed by atoms with Gasteiger partial charge in [0.1, 0.15) is 4.88 Å². The molecule has 1 aromatic rings. The predicted octanol–water partition coefficient (Wildman–Crippen LogP) is 1.43. The standard InChI is InChI=1S/C12H21N5O2S/c1-7(2)17(6-8(13)15-19)11(18)9-10(12(3,4)5)14-16-20-9/h7,19H,6H2,1-5H3,(H2,13,15). The number of amidine groups is 1. The molecule has 0 spiro atoms. The van der Waals surface area contributed by atoms with E-state index in [0.29, 0.717) is 10.6 Å². The molecule has 0 aliphatic heterocycles. The predicted molar refractivity (Wildman–Crippen MR) is 78.2 cm³/mol. The zero-order valence-corrected chi connectivity index (χ0v) is 13.2. The third kappa shape index (κ3) is 3.66. The fourth-order valence-electron chi connectivity index (χ4n) is 1.65. The van der Waals surface area contributed by atoms with Gasteiger partial charge in [0.2, 0.25) is 0 Å². The van der Waals surface area contributed by atoms with Gasteiger partial charge in [0, 0.05) is 11.5 Å². The van der Waals surface area contributed by atoms with Gasteiger partial charge in [-0.1, -0.05) is 30.4 Å². The van der Waals surface area contributed by atoms with Crippen LogP contribution in [0, 0.1) is 0 Å². The van der Waals surface area contributed by atoms with Crippen LogP contribution in [0.3, 0.4) is 0 Å². The number of amides is 1. The Bertz CT molecular complexity index is 504. The summed E-state index contributed by atoms with van der Waals surface area (Å²) in [5.74, 6) is -0.214. The van der Waals surface area contributed by atoms with E-state index in [1.54, 1.807) is 0 Å². The second kappa shape index (κ2) is 6.17. The average molecular weight is 299 g/mol. The molecule has 0 aromatic carbocycles. The molecule has 8 heteroatoms. The Kier molecular flexibility index (Phi) is 5.04. The van der Waals surface area contributed by atoms with Gasteiger partial charge in [-0.05, 0) is 25.4 Å². The Labute approximate surface area is 122 Å². The van der Waals surface area contributed by atoms with Crippen LogP contribution in [0.5, 0.6) is 0 Å². The number of hydrogen-bond donors (Lipinski definition) is 2. The van der Waals surface area contributed by atoms with E-state index in [1.807, 2.05) is 34.6 Å². The first-order valence-electron chi connectivity index (χ1n) is 6.28. The molecule has 3 N–H and O–H groups in total. The summed E-state index contributed by atoms with van der Waals surface area (Å²) in [5.41, 5.74) is 5.90. The van der Waals surface area contributed by atoms with E-state index in [9.17, 15) is 4.79 Å². The molecule has 20 heavy (non-hydrogen) atoms. The zero-order valence-electron chi connectivity index (χ0n) is 12.4. The maximum atomic E-state index is 12.6. The van der Waals surface area contributed by atoms with Crippen LogP contribution in [0.25, 0.3) is 0 Å². The van der Waals surface area contributed by atoms with Crippen molar-refractivity contribution in [3.63, 3.8) is 0 Å². The number of oxime groups is 1. The summed E-state index contributed by atoms with van der Waals surface area (Å²) >= 11 is 1.07.